The van der Waals surface area contributed by atoms with Crippen molar-refractivity contribution in [3.63, 3.8) is 0 Å². The molecule has 2 aromatic rings. The first-order valence-corrected chi connectivity index (χ1v) is 6.25. The molecule has 0 atom stereocenters. The largest absolute Gasteiger partial charge is 0.478 e. The van der Waals surface area contributed by atoms with Crippen LogP contribution in [0.5, 0.6) is 0 Å². The van der Waals surface area contributed by atoms with E-state index < -0.39 is 5.97 Å². The Morgan fingerprint density at radius 3 is 2.84 bits per heavy atom. The van der Waals surface area contributed by atoms with E-state index >= 15 is 0 Å². The lowest BCUT2D eigenvalue weighted by atomic mass is 10.2. The zero-order valence-electron chi connectivity index (χ0n) is 11.1. The second-order valence-corrected chi connectivity index (χ2v) is 4.37. The molecule has 0 saturated carbocycles. The number of hydrogen-bond acceptors (Lipinski definition) is 3. The summed E-state index contributed by atoms with van der Waals surface area (Å²) in [6, 6.07) is 8.76. The summed E-state index contributed by atoms with van der Waals surface area (Å²) in [6.45, 7) is 4.79. The van der Waals surface area contributed by atoms with Gasteiger partial charge in [-0.2, -0.15) is 5.10 Å². The zero-order valence-corrected chi connectivity index (χ0v) is 11.1. The number of carboxylic acids is 1. The number of carboxylic acid groups (broad SMARTS) is 1. The van der Waals surface area contributed by atoms with E-state index in [2.05, 4.69) is 17.3 Å². The Hall–Kier alpha value is -2.30. The van der Waals surface area contributed by atoms with Gasteiger partial charge in [0.05, 0.1) is 16.9 Å². The molecule has 0 aliphatic carbocycles. The molecule has 0 radical (unpaired) electrons. The average Bonchev–Trinajstić information content (AvgIpc) is 2.70. The molecule has 19 heavy (non-hydrogen) atoms. The van der Waals surface area contributed by atoms with Gasteiger partial charge in [0.25, 0.3) is 0 Å². The average molecular weight is 259 g/mol. The Kier molecular flexibility index (Phi) is 3.85. The number of anilines is 2. The van der Waals surface area contributed by atoms with Crippen molar-refractivity contribution in [1.29, 1.82) is 0 Å². The summed E-state index contributed by atoms with van der Waals surface area (Å²) < 4.78 is 1.86. The van der Waals surface area contributed by atoms with Crippen molar-refractivity contribution in [2.75, 3.05) is 5.32 Å². The number of nitrogens with zero attached hydrogens (tertiary/aromatic N) is 2. The summed E-state index contributed by atoms with van der Waals surface area (Å²) in [4.78, 5) is 11.2. The first-order valence-electron chi connectivity index (χ1n) is 6.25. The van der Waals surface area contributed by atoms with Crippen LogP contribution < -0.4 is 5.32 Å². The monoisotopic (exact) mass is 259 g/mol. The molecule has 1 heterocycles. The van der Waals surface area contributed by atoms with Crippen LogP contribution >= 0.6 is 0 Å². The summed E-state index contributed by atoms with van der Waals surface area (Å²) in [7, 11) is 0. The maximum Gasteiger partial charge on any atom is 0.337 e. The van der Waals surface area contributed by atoms with Crippen LogP contribution in [0.4, 0.5) is 11.5 Å². The molecule has 100 valence electrons. The van der Waals surface area contributed by atoms with E-state index in [-0.39, 0.29) is 5.56 Å². The highest BCUT2D eigenvalue weighted by Gasteiger charge is 2.11. The Morgan fingerprint density at radius 2 is 2.16 bits per heavy atom. The highest BCUT2D eigenvalue weighted by atomic mass is 16.4. The van der Waals surface area contributed by atoms with Crippen LogP contribution in [0.15, 0.2) is 30.3 Å². The van der Waals surface area contributed by atoms with E-state index in [0.29, 0.717) is 5.69 Å². The van der Waals surface area contributed by atoms with Crippen molar-refractivity contribution >= 4 is 17.5 Å². The number of aromatic carboxylic acids is 1. The number of carbonyl (C=O) groups is 1. The maximum atomic E-state index is 11.2. The Morgan fingerprint density at radius 1 is 1.42 bits per heavy atom. The van der Waals surface area contributed by atoms with E-state index in [0.717, 1.165) is 24.5 Å². The van der Waals surface area contributed by atoms with Gasteiger partial charge in [-0.3, -0.25) is 0 Å². The normalized spacial score (nSPS) is 10.4. The summed E-state index contributed by atoms with van der Waals surface area (Å²) in [5, 5.41) is 16.7. The van der Waals surface area contributed by atoms with Crippen LogP contribution in [-0.2, 0) is 6.54 Å². The lowest BCUT2D eigenvalue weighted by Crippen LogP contribution is -2.07. The molecule has 5 nitrogen and oxygen atoms in total. The standard InChI is InChI=1S/C14H17N3O2/c1-3-8-17-13(9-10(2)16-17)15-12-7-5-4-6-11(12)14(18)19/h4-7,9,15H,3,8H2,1-2H3,(H,18,19). The zero-order chi connectivity index (χ0) is 13.8. The Balaban J connectivity index is 2.33. The molecule has 0 aliphatic rings. The van der Waals surface area contributed by atoms with Gasteiger partial charge in [0.15, 0.2) is 0 Å². The van der Waals surface area contributed by atoms with Crippen LogP contribution in [0, 0.1) is 6.92 Å². The molecule has 0 spiro atoms. The van der Waals surface area contributed by atoms with E-state index in [1.165, 1.54) is 0 Å². The molecule has 0 aliphatic heterocycles. The molecule has 0 unspecified atom stereocenters. The molecule has 0 saturated heterocycles. The minimum Gasteiger partial charge on any atom is -0.478 e. The summed E-state index contributed by atoms with van der Waals surface area (Å²) in [5.74, 6) is -0.130. The summed E-state index contributed by atoms with van der Waals surface area (Å²) in [6.07, 6.45) is 0.969. The first-order chi connectivity index (χ1) is 9.11. The Labute approximate surface area is 111 Å². The second-order valence-electron chi connectivity index (χ2n) is 4.37. The van der Waals surface area contributed by atoms with Gasteiger partial charge in [-0.1, -0.05) is 19.1 Å². The predicted octanol–water partition coefficient (Wildman–Crippen LogP) is 3.04. The number of benzene rings is 1. The van der Waals surface area contributed by atoms with E-state index in [4.69, 9.17) is 5.11 Å². The third-order valence-corrected chi connectivity index (χ3v) is 2.76. The number of aryl methyl sites for hydroxylation is 2. The number of para-hydroxylation sites is 1. The molecule has 5 heteroatoms. The maximum absolute atomic E-state index is 11.2. The third kappa shape index (κ3) is 2.93. The van der Waals surface area contributed by atoms with Gasteiger partial charge in [0.2, 0.25) is 0 Å². The molecule has 1 aromatic heterocycles. The number of nitrogens with one attached hydrogen (secondary N) is 1. The third-order valence-electron chi connectivity index (χ3n) is 2.76. The minimum absolute atomic E-state index is 0.254. The molecular formula is C14H17N3O2. The quantitative estimate of drug-likeness (QED) is 0.866. The number of rotatable bonds is 5. The molecule has 0 fully saturated rings. The lowest BCUT2D eigenvalue weighted by molar-refractivity contribution is 0.0698. The highest BCUT2D eigenvalue weighted by molar-refractivity contribution is 5.94. The fourth-order valence-electron chi connectivity index (χ4n) is 1.94. The molecule has 0 amide bonds. The Bertz CT molecular complexity index is 590. The fourth-order valence-corrected chi connectivity index (χ4v) is 1.94. The van der Waals surface area contributed by atoms with Gasteiger partial charge in [0, 0.05) is 12.6 Å². The van der Waals surface area contributed by atoms with Crippen LogP contribution in [-0.4, -0.2) is 20.9 Å². The van der Waals surface area contributed by atoms with Crippen molar-refractivity contribution in [1.82, 2.24) is 9.78 Å². The molecular weight excluding hydrogens is 242 g/mol. The van der Waals surface area contributed by atoms with Crippen molar-refractivity contribution in [3.8, 4) is 0 Å². The van der Waals surface area contributed by atoms with Gasteiger partial charge in [-0.05, 0) is 25.5 Å². The topological polar surface area (TPSA) is 67.2 Å². The van der Waals surface area contributed by atoms with Gasteiger partial charge < -0.3 is 10.4 Å². The fraction of sp³-hybridized carbons (Fsp3) is 0.286. The van der Waals surface area contributed by atoms with Crippen LogP contribution in [0.2, 0.25) is 0 Å². The first kappa shape index (κ1) is 13.1. The van der Waals surface area contributed by atoms with Gasteiger partial charge in [-0.25, -0.2) is 9.48 Å². The molecule has 0 bridgehead atoms. The SMILES string of the molecule is CCCn1nc(C)cc1Nc1ccccc1C(=O)O. The number of aromatic nitrogens is 2. The van der Waals surface area contributed by atoms with Crippen molar-refractivity contribution in [3.05, 3.63) is 41.6 Å². The van der Waals surface area contributed by atoms with E-state index in [9.17, 15) is 4.79 Å². The van der Waals surface area contributed by atoms with Crippen LogP contribution in [0.3, 0.4) is 0 Å². The molecule has 1 aromatic carbocycles. The molecule has 2 N–H and O–H groups in total. The lowest BCUT2D eigenvalue weighted by Gasteiger charge is -2.11. The van der Waals surface area contributed by atoms with Crippen LogP contribution in [0.25, 0.3) is 0 Å². The van der Waals surface area contributed by atoms with Gasteiger partial charge >= 0.3 is 5.97 Å². The van der Waals surface area contributed by atoms with Crippen molar-refractivity contribution in [2.24, 2.45) is 0 Å². The number of hydrogen-bond donors (Lipinski definition) is 2. The van der Waals surface area contributed by atoms with E-state index in [1.807, 2.05) is 23.7 Å². The highest BCUT2D eigenvalue weighted by Crippen LogP contribution is 2.21. The van der Waals surface area contributed by atoms with Crippen molar-refractivity contribution in [2.45, 2.75) is 26.8 Å². The van der Waals surface area contributed by atoms with E-state index in [1.54, 1.807) is 18.2 Å². The minimum atomic E-state index is -0.943. The molecule has 2 rings (SSSR count). The summed E-state index contributed by atoms with van der Waals surface area (Å²) in [5.41, 5.74) is 1.74. The summed E-state index contributed by atoms with van der Waals surface area (Å²) >= 11 is 0. The predicted molar refractivity (Wildman–Crippen MR) is 73.9 cm³/mol. The van der Waals surface area contributed by atoms with Crippen LogP contribution in [0.1, 0.15) is 29.4 Å². The van der Waals surface area contributed by atoms with Gasteiger partial charge in [-0.15, -0.1) is 0 Å². The van der Waals surface area contributed by atoms with Crippen molar-refractivity contribution < 1.29 is 9.90 Å². The second kappa shape index (κ2) is 5.56. The smallest absolute Gasteiger partial charge is 0.337 e. The van der Waals surface area contributed by atoms with Gasteiger partial charge in [0.1, 0.15) is 5.82 Å².